The van der Waals surface area contributed by atoms with E-state index >= 15 is 0 Å². The van der Waals surface area contributed by atoms with Gasteiger partial charge in [0.2, 0.25) is 17.8 Å². The zero-order chi connectivity index (χ0) is 25.1. The fraction of sp³-hybridized carbons (Fsp3) is 0.368. The predicted octanol–water partition coefficient (Wildman–Crippen LogP) is -1.26. The van der Waals surface area contributed by atoms with Crippen LogP contribution in [-0.2, 0) is 26.2 Å². The number of rotatable bonds is 13. The first-order valence-corrected chi connectivity index (χ1v) is 11.8. The van der Waals surface area contributed by atoms with Crippen LogP contribution in [0.4, 0.5) is 10.7 Å². The van der Waals surface area contributed by atoms with Gasteiger partial charge in [0.15, 0.2) is 0 Å². The Bertz CT molecular complexity index is 1060. The number of nitrogens with two attached hydrogens (primary N) is 2. The smallest absolute Gasteiger partial charge is 0.322 e. The number of aromatic nitrogens is 2. The van der Waals surface area contributed by atoms with Gasteiger partial charge in [-0.05, 0) is 24.1 Å². The molecule has 0 bridgehead atoms. The number of aromatic amines is 1. The average molecular weight is 497 g/mol. The number of benzene rings is 1. The quantitative estimate of drug-likeness (QED) is 0.178. The van der Waals surface area contributed by atoms with Crippen LogP contribution in [0, 0.1) is 0 Å². The van der Waals surface area contributed by atoms with Gasteiger partial charge < -0.3 is 26.0 Å². The van der Waals surface area contributed by atoms with E-state index in [9.17, 15) is 27.9 Å². The van der Waals surface area contributed by atoms with E-state index in [2.05, 4.69) is 25.3 Å². The fourth-order valence-electron chi connectivity index (χ4n) is 3.02. The van der Waals surface area contributed by atoms with Gasteiger partial charge in [0.05, 0.1) is 0 Å². The third-order valence-electron chi connectivity index (χ3n) is 4.56. The van der Waals surface area contributed by atoms with Gasteiger partial charge >= 0.3 is 6.03 Å². The molecule has 1 aromatic carbocycles. The van der Waals surface area contributed by atoms with E-state index in [4.69, 9.17) is 10.9 Å². The molecule has 2 aromatic rings. The summed E-state index contributed by atoms with van der Waals surface area (Å²) in [7, 11) is -3.98. The third-order valence-corrected chi connectivity index (χ3v) is 5.16. The summed E-state index contributed by atoms with van der Waals surface area (Å²) in [6.45, 7) is -0.158. The third kappa shape index (κ3) is 9.85. The first-order chi connectivity index (χ1) is 16.0. The van der Waals surface area contributed by atoms with Gasteiger partial charge in [-0.15, -0.1) is 0 Å². The molecule has 2 rings (SSSR count). The van der Waals surface area contributed by atoms with E-state index < -0.39 is 34.1 Å². The molecule has 0 aliphatic carbocycles. The Labute approximate surface area is 196 Å². The maximum absolute atomic E-state index is 13.4. The molecule has 4 amide bonds. The van der Waals surface area contributed by atoms with E-state index in [1.54, 1.807) is 12.1 Å². The van der Waals surface area contributed by atoms with E-state index in [-0.39, 0.29) is 50.6 Å². The molecule has 9 N–H and O–H groups in total. The van der Waals surface area contributed by atoms with Gasteiger partial charge in [-0.2, -0.15) is 8.42 Å². The molecule has 14 nitrogen and oxygen atoms in total. The lowest BCUT2D eigenvalue weighted by molar-refractivity contribution is -0.133. The van der Waals surface area contributed by atoms with Crippen molar-refractivity contribution in [3.63, 3.8) is 0 Å². The molecule has 0 spiro atoms. The van der Waals surface area contributed by atoms with Crippen LogP contribution < -0.4 is 26.2 Å². The number of carbonyl (C=O) groups excluding carboxylic acids is 3. The van der Waals surface area contributed by atoms with Gasteiger partial charge in [0.25, 0.3) is 10.2 Å². The molecule has 0 radical (unpaired) electrons. The number of phenolic OH excluding ortho intramolecular Hbond substituents is 1. The van der Waals surface area contributed by atoms with Crippen molar-refractivity contribution in [1.82, 2.24) is 24.9 Å². The molecule has 0 saturated carbocycles. The summed E-state index contributed by atoms with van der Waals surface area (Å²) in [5.74, 6) is -0.865. The highest BCUT2D eigenvalue weighted by molar-refractivity contribution is 7.87. The summed E-state index contributed by atoms with van der Waals surface area (Å²) in [6.07, 6.45) is 3.27. The Kier molecular flexibility index (Phi) is 9.78. The number of urea groups is 1. The van der Waals surface area contributed by atoms with Crippen molar-refractivity contribution in [2.45, 2.75) is 25.3 Å². The molecule has 186 valence electrons. The van der Waals surface area contributed by atoms with Crippen LogP contribution in [0.2, 0.25) is 0 Å². The predicted molar refractivity (Wildman–Crippen MR) is 122 cm³/mol. The van der Waals surface area contributed by atoms with Crippen LogP contribution in [-0.4, -0.2) is 71.9 Å². The largest absolute Gasteiger partial charge is 0.508 e. The molecule has 1 heterocycles. The van der Waals surface area contributed by atoms with Crippen molar-refractivity contribution in [3.05, 3.63) is 42.2 Å². The molecule has 0 saturated heterocycles. The molecule has 0 aliphatic rings. The van der Waals surface area contributed by atoms with Gasteiger partial charge in [0, 0.05) is 44.9 Å². The number of hydrogen-bond donors (Lipinski definition) is 7. The minimum Gasteiger partial charge on any atom is -0.508 e. The molecular formula is C19H28N8O6S. The topological polar surface area (TPSA) is 226 Å². The van der Waals surface area contributed by atoms with Crippen LogP contribution >= 0.6 is 0 Å². The molecule has 0 aliphatic heterocycles. The normalized spacial score (nSPS) is 12.0. The van der Waals surface area contributed by atoms with Crippen molar-refractivity contribution in [1.29, 1.82) is 0 Å². The summed E-state index contributed by atoms with van der Waals surface area (Å²) in [5, 5.41) is 19.5. The van der Waals surface area contributed by atoms with Crippen molar-refractivity contribution < 1.29 is 27.9 Å². The maximum Gasteiger partial charge on any atom is 0.322 e. The lowest BCUT2D eigenvalue weighted by Crippen LogP contribution is -2.52. The number of imidazole rings is 1. The summed E-state index contributed by atoms with van der Waals surface area (Å²) in [5.41, 5.74) is 5.82. The van der Waals surface area contributed by atoms with E-state index in [1.165, 1.54) is 29.4 Å². The van der Waals surface area contributed by atoms with Crippen LogP contribution in [0.3, 0.4) is 0 Å². The van der Waals surface area contributed by atoms with Crippen LogP contribution in [0.1, 0.15) is 18.4 Å². The number of nitrogens with one attached hydrogen (secondary N) is 4. The van der Waals surface area contributed by atoms with E-state index in [0.29, 0.717) is 5.56 Å². The van der Waals surface area contributed by atoms with Crippen LogP contribution in [0.15, 0.2) is 36.7 Å². The number of anilines is 1. The van der Waals surface area contributed by atoms with E-state index in [0.717, 1.165) is 0 Å². The number of primary amides is 1. The summed E-state index contributed by atoms with van der Waals surface area (Å²) in [4.78, 5) is 44.9. The minimum absolute atomic E-state index is 0.0153. The number of H-pyrrole nitrogens is 1. The number of nitrogens with zero attached hydrogens (tertiary/aromatic N) is 2. The lowest BCUT2D eigenvalue weighted by atomic mass is 10.0. The highest BCUT2D eigenvalue weighted by Gasteiger charge is 2.27. The number of amides is 4. The first-order valence-electron chi connectivity index (χ1n) is 10.2. The first kappa shape index (κ1) is 26.6. The highest BCUT2D eigenvalue weighted by Crippen LogP contribution is 2.13. The highest BCUT2D eigenvalue weighted by atomic mass is 32.2. The van der Waals surface area contributed by atoms with Gasteiger partial charge in [-0.1, -0.05) is 12.1 Å². The molecule has 1 unspecified atom stereocenters. The second-order valence-corrected chi connectivity index (χ2v) is 8.67. The second-order valence-electron chi connectivity index (χ2n) is 7.29. The Morgan fingerprint density at radius 2 is 1.88 bits per heavy atom. The van der Waals surface area contributed by atoms with Gasteiger partial charge in [0.1, 0.15) is 11.8 Å². The second kappa shape index (κ2) is 12.5. The number of aromatic hydroxyl groups is 1. The zero-order valence-electron chi connectivity index (χ0n) is 18.2. The molecule has 0 fully saturated rings. The zero-order valence-corrected chi connectivity index (χ0v) is 19.0. The Morgan fingerprint density at radius 1 is 1.18 bits per heavy atom. The molecule has 34 heavy (non-hydrogen) atoms. The van der Waals surface area contributed by atoms with Crippen LogP contribution in [0.5, 0.6) is 5.75 Å². The van der Waals surface area contributed by atoms with Crippen molar-refractivity contribution in [2.24, 2.45) is 10.9 Å². The monoisotopic (exact) mass is 496 g/mol. The molecular weight excluding hydrogens is 468 g/mol. The molecule has 1 aromatic heterocycles. The van der Waals surface area contributed by atoms with Crippen molar-refractivity contribution in [3.8, 4) is 5.75 Å². The number of hydrogen-bond acceptors (Lipinski definition) is 7. The number of carbonyl (C=O) groups is 3. The van der Waals surface area contributed by atoms with Crippen LogP contribution in [0.25, 0.3) is 0 Å². The van der Waals surface area contributed by atoms with Crippen molar-refractivity contribution in [2.75, 3.05) is 25.0 Å². The lowest BCUT2D eigenvalue weighted by Gasteiger charge is -2.28. The van der Waals surface area contributed by atoms with Gasteiger partial charge in [-0.3, -0.25) is 14.9 Å². The summed E-state index contributed by atoms with van der Waals surface area (Å²) in [6, 6.07) is 4.32. The van der Waals surface area contributed by atoms with Gasteiger partial charge in [-0.25, -0.2) is 19.6 Å². The molecule has 15 heteroatoms. The Morgan fingerprint density at radius 3 is 2.47 bits per heavy atom. The Balaban J connectivity index is 2.19. The number of phenols is 1. The maximum atomic E-state index is 13.4. The average Bonchev–Trinajstić information content (AvgIpc) is 3.25. The molecule has 1 atom stereocenters. The standard InChI is InChI=1S/C19H28N8O6S/c20-16(29)2-1-10-27(11-9-24-34(21,32)33)17(30)15(12-13-3-5-14(28)6-4-13)25-19(31)26-18-22-7-8-23-18/h3-8,15,24,28H,1-2,9-12H2,(H2,20,29)(H2,21,32,33)(H3,22,23,25,26,31). The summed E-state index contributed by atoms with van der Waals surface area (Å²) < 4.78 is 24.5. The summed E-state index contributed by atoms with van der Waals surface area (Å²) >= 11 is 0. The van der Waals surface area contributed by atoms with E-state index in [1.807, 2.05) is 0 Å². The minimum atomic E-state index is -3.98. The van der Waals surface area contributed by atoms with Crippen molar-refractivity contribution >= 4 is 34.0 Å². The SMILES string of the molecule is NC(=O)CCCN(CCNS(N)(=O)=O)C(=O)C(Cc1ccc(O)cc1)NC(=O)Nc1ncc[nH]1. The fourth-order valence-corrected chi connectivity index (χ4v) is 3.40. The Hall–Kier alpha value is -3.69.